The Morgan fingerprint density at radius 1 is 1.44 bits per heavy atom. The molecule has 1 aliphatic carbocycles. The lowest BCUT2D eigenvalue weighted by molar-refractivity contribution is 0.199. The van der Waals surface area contributed by atoms with Gasteiger partial charge in [-0.05, 0) is 36.2 Å². The Hall–Kier alpha value is -1.64. The first-order valence-electron chi connectivity index (χ1n) is 8.83. The summed E-state index contributed by atoms with van der Waals surface area (Å²) in [7, 11) is 1.65. The fourth-order valence-corrected chi connectivity index (χ4v) is 4.99. The van der Waals surface area contributed by atoms with E-state index in [0.29, 0.717) is 18.9 Å². The molecule has 0 aliphatic heterocycles. The smallest absolute Gasteiger partial charge is 0.263 e. The molecule has 0 amide bonds. The maximum atomic E-state index is 13.1. The van der Waals surface area contributed by atoms with Gasteiger partial charge in [0.2, 0.25) is 0 Å². The van der Waals surface area contributed by atoms with Crippen molar-refractivity contribution in [3.8, 4) is 12.3 Å². The number of aryl methyl sites for hydroxylation is 1. The first-order chi connectivity index (χ1) is 11.9. The number of thiophene rings is 1. The van der Waals surface area contributed by atoms with Gasteiger partial charge < -0.3 is 4.74 Å². The molecule has 0 bridgehead atoms. The first-order valence-corrected chi connectivity index (χ1v) is 9.64. The van der Waals surface area contributed by atoms with Gasteiger partial charge in [-0.25, -0.2) is 4.98 Å². The quantitative estimate of drug-likeness (QED) is 0.787. The Balaban J connectivity index is 2.12. The van der Waals surface area contributed by atoms with Gasteiger partial charge in [0, 0.05) is 18.4 Å². The van der Waals surface area contributed by atoms with Gasteiger partial charge in [0.05, 0.1) is 18.5 Å². The van der Waals surface area contributed by atoms with Crippen LogP contribution in [0.5, 0.6) is 0 Å². The van der Waals surface area contributed by atoms with Crippen LogP contribution in [0, 0.1) is 23.7 Å². The third-order valence-corrected chi connectivity index (χ3v) is 6.40. The lowest BCUT2D eigenvalue weighted by Crippen LogP contribution is -2.28. The van der Waals surface area contributed by atoms with Crippen LogP contribution in [0.4, 0.5) is 0 Å². The molecule has 0 saturated carbocycles. The minimum Gasteiger partial charge on any atom is -0.384 e. The summed E-state index contributed by atoms with van der Waals surface area (Å²) in [5.74, 6) is 3.96. The highest BCUT2D eigenvalue weighted by molar-refractivity contribution is 7.18. The molecular formula is C20H26N2O2S. The van der Waals surface area contributed by atoms with Crippen LogP contribution < -0.4 is 5.56 Å². The molecule has 0 fully saturated rings. The van der Waals surface area contributed by atoms with Crippen LogP contribution in [0.15, 0.2) is 4.79 Å². The fraction of sp³-hybridized carbons (Fsp3) is 0.600. The van der Waals surface area contributed by atoms with Crippen LogP contribution in [0.2, 0.25) is 0 Å². The molecule has 0 N–H and O–H groups in total. The molecule has 1 unspecified atom stereocenters. The van der Waals surface area contributed by atoms with Crippen LogP contribution in [-0.4, -0.2) is 23.3 Å². The van der Waals surface area contributed by atoms with E-state index in [4.69, 9.17) is 16.1 Å². The SMILES string of the molecule is C#CCn1c(CCOC)nc2sc3c(c2c1=O)CCC(C(C)(C)C)C3. The number of aromatic nitrogens is 2. The molecule has 3 rings (SSSR count). The maximum Gasteiger partial charge on any atom is 0.263 e. The zero-order chi connectivity index (χ0) is 18.2. The van der Waals surface area contributed by atoms with Crippen molar-refractivity contribution < 1.29 is 4.74 Å². The van der Waals surface area contributed by atoms with Crippen molar-refractivity contribution in [3.05, 3.63) is 26.6 Å². The van der Waals surface area contributed by atoms with Gasteiger partial charge in [-0.1, -0.05) is 26.7 Å². The average molecular weight is 359 g/mol. The highest BCUT2D eigenvalue weighted by atomic mass is 32.1. The van der Waals surface area contributed by atoms with Crippen molar-refractivity contribution in [1.82, 2.24) is 9.55 Å². The van der Waals surface area contributed by atoms with E-state index in [1.54, 1.807) is 23.0 Å². The highest BCUT2D eigenvalue weighted by Gasteiger charge is 2.32. The molecular weight excluding hydrogens is 332 g/mol. The summed E-state index contributed by atoms with van der Waals surface area (Å²) in [5.41, 5.74) is 1.51. The van der Waals surface area contributed by atoms with E-state index in [0.717, 1.165) is 35.3 Å². The molecule has 0 radical (unpaired) electrons. The van der Waals surface area contributed by atoms with E-state index in [2.05, 4.69) is 26.7 Å². The maximum absolute atomic E-state index is 13.1. The average Bonchev–Trinajstić information content (AvgIpc) is 2.92. The van der Waals surface area contributed by atoms with Gasteiger partial charge in [-0.2, -0.15) is 0 Å². The second kappa shape index (κ2) is 6.93. The van der Waals surface area contributed by atoms with Crippen LogP contribution in [-0.2, 0) is 30.5 Å². The van der Waals surface area contributed by atoms with Crippen LogP contribution in [0.3, 0.4) is 0 Å². The van der Waals surface area contributed by atoms with Crippen LogP contribution >= 0.6 is 11.3 Å². The molecule has 1 atom stereocenters. The Morgan fingerprint density at radius 3 is 2.84 bits per heavy atom. The van der Waals surface area contributed by atoms with Crippen LogP contribution in [0.25, 0.3) is 10.2 Å². The molecule has 2 aromatic heterocycles. The molecule has 0 aromatic carbocycles. The third kappa shape index (κ3) is 3.38. The van der Waals surface area contributed by atoms with E-state index in [9.17, 15) is 4.79 Å². The highest BCUT2D eigenvalue weighted by Crippen LogP contribution is 2.42. The van der Waals surface area contributed by atoms with Crippen molar-refractivity contribution in [3.63, 3.8) is 0 Å². The number of hydrogen-bond acceptors (Lipinski definition) is 4. The Bertz CT molecular complexity index is 880. The molecule has 2 heterocycles. The van der Waals surface area contributed by atoms with Crippen molar-refractivity contribution in [2.75, 3.05) is 13.7 Å². The van der Waals surface area contributed by atoms with Crippen molar-refractivity contribution in [1.29, 1.82) is 0 Å². The van der Waals surface area contributed by atoms with Crippen LogP contribution in [0.1, 0.15) is 43.5 Å². The predicted molar refractivity (Wildman–Crippen MR) is 103 cm³/mol. The molecule has 4 nitrogen and oxygen atoms in total. The number of nitrogens with zero attached hydrogens (tertiary/aromatic N) is 2. The third-order valence-electron chi connectivity index (χ3n) is 5.25. The Morgan fingerprint density at radius 2 is 2.20 bits per heavy atom. The number of fused-ring (bicyclic) bond motifs is 3. The van der Waals surface area contributed by atoms with Gasteiger partial charge >= 0.3 is 0 Å². The van der Waals surface area contributed by atoms with Gasteiger partial charge in [0.25, 0.3) is 5.56 Å². The van der Waals surface area contributed by atoms with E-state index in [-0.39, 0.29) is 17.5 Å². The monoisotopic (exact) mass is 358 g/mol. The molecule has 2 aromatic rings. The molecule has 0 saturated heterocycles. The fourth-order valence-electron chi connectivity index (χ4n) is 3.68. The summed E-state index contributed by atoms with van der Waals surface area (Å²) >= 11 is 1.69. The van der Waals surface area contributed by atoms with E-state index in [1.165, 1.54) is 10.4 Å². The Kier molecular flexibility index (Phi) is 5.04. The van der Waals surface area contributed by atoms with Gasteiger partial charge in [0.1, 0.15) is 10.7 Å². The van der Waals surface area contributed by atoms with Crippen molar-refractivity contribution in [2.24, 2.45) is 11.3 Å². The van der Waals surface area contributed by atoms with E-state index < -0.39 is 0 Å². The van der Waals surface area contributed by atoms with E-state index >= 15 is 0 Å². The van der Waals surface area contributed by atoms with Gasteiger partial charge in [0.15, 0.2) is 0 Å². The number of hydrogen-bond donors (Lipinski definition) is 0. The topological polar surface area (TPSA) is 44.1 Å². The summed E-state index contributed by atoms with van der Waals surface area (Å²) in [6.45, 7) is 7.70. The van der Waals surface area contributed by atoms with Crippen molar-refractivity contribution >= 4 is 21.6 Å². The first kappa shape index (κ1) is 18.2. The summed E-state index contributed by atoms with van der Waals surface area (Å²) in [6, 6.07) is 0. The zero-order valence-electron chi connectivity index (χ0n) is 15.5. The Labute approximate surface area is 153 Å². The number of rotatable bonds is 4. The molecule has 5 heteroatoms. The molecule has 134 valence electrons. The minimum absolute atomic E-state index is 0.0146. The number of ether oxygens (including phenoxy) is 1. The summed E-state index contributed by atoms with van der Waals surface area (Å²) in [6.07, 6.45) is 9.21. The standard InChI is InChI=1S/C20H26N2O2S/c1-6-10-22-16(9-11-24-5)21-18-17(19(22)23)14-8-7-13(20(2,3)4)12-15(14)25-18/h1,13H,7-12H2,2-5H3. The second-order valence-corrected chi connectivity index (χ2v) is 8.94. The summed E-state index contributed by atoms with van der Waals surface area (Å²) < 4.78 is 6.80. The second-order valence-electron chi connectivity index (χ2n) is 7.86. The van der Waals surface area contributed by atoms with Crippen molar-refractivity contribution in [2.45, 2.75) is 53.0 Å². The largest absolute Gasteiger partial charge is 0.384 e. The number of methoxy groups -OCH3 is 1. The molecule has 1 aliphatic rings. The predicted octanol–water partition coefficient (Wildman–Crippen LogP) is 3.43. The summed E-state index contributed by atoms with van der Waals surface area (Å²) in [5, 5.41) is 0.795. The van der Waals surface area contributed by atoms with Gasteiger partial charge in [-0.15, -0.1) is 17.8 Å². The number of terminal acetylenes is 1. The molecule has 0 spiro atoms. The van der Waals surface area contributed by atoms with Gasteiger partial charge in [-0.3, -0.25) is 9.36 Å². The molecule has 25 heavy (non-hydrogen) atoms. The minimum atomic E-state index is 0.0146. The summed E-state index contributed by atoms with van der Waals surface area (Å²) in [4.78, 5) is 20.1. The lowest BCUT2D eigenvalue weighted by Gasteiger charge is -2.33. The zero-order valence-corrected chi connectivity index (χ0v) is 16.3. The normalized spacial score (nSPS) is 17.5. The lowest BCUT2D eigenvalue weighted by atomic mass is 9.72. The van der Waals surface area contributed by atoms with E-state index in [1.807, 2.05) is 0 Å².